The molecule has 0 aromatic carbocycles. The summed E-state index contributed by atoms with van der Waals surface area (Å²) >= 11 is 4.19. The van der Waals surface area contributed by atoms with Crippen LogP contribution in [-0.4, -0.2) is 39.0 Å². The van der Waals surface area contributed by atoms with Crippen molar-refractivity contribution in [2.24, 2.45) is 11.7 Å². The van der Waals surface area contributed by atoms with Gasteiger partial charge >= 0.3 is 5.97 Å². The van der Waals surface area contributed by atoms with Crippen LogP contribution in [0.25, 0.3) is 0 Å². The molecule has 0 saturated carbocycles. The number of aliphatic carboxylic acids is 1. The molecule has 0 aromatic rings. The Morgan fingerprint density at radius 3 is 1.93 bits per heavy atom. The third-order valence-electron chi connectivity index (χ3n) is 1.37. The fourth-order valence-electron chi connectivity index (χ4n) is 0.704. The quantitative estimate of drug-likeness (QED) is 0.525. The minimum Gasteiger partial charge on any atom is -0.502 e. The van der Waals surface area contributed by atoms with Crippen LogP contribution < -0.4 is 5.73 Å². The fraction of sp³-hybridized carbons (Fsp3) is 0.778. The predicted octanol–water partition coefficient (Wildman–Crippen LogP) is 0.699. The lowest BCUT2D eigenvalue weighted by Crippen LogP contribution is -2.31. The van der Waals surface area contributed by atoms with Crippen LogP contribution in [-0.2, 0) is 4.79 Å². The minimum absolute atomic E-state index is 0.0602. The van der Waals surface area contributed by atoms with Crippen molar-refractivity contribution < 1.29 is 20.1 Å². The second-order valence-electron chi connectivity index (χ2n) is 3.44. The molecule has 0 bridgehead atoms. The highest BCUT2D eigenvalue weighted by molar-refractivity contribution is 7.80. The molecule has 0 heterocycles. The molecule has 15 heavy (non-hydrogen) atoms. The maximum absolute atomic E-state index is 10.1. The number of aliphatic hydroxyl groups excluding tert-OH is 2. The fourth-order valence-corrected chi connectivity index (χ4v) is 0.796. The second-order valence-corrected chi connectivity index (χ2v) is 3.91. The van der Waals surface area contributed by atoms with Crippen molar-refractivity contribution >= 4 is 23.2 Å². The standard InChI is InChI=1S/C6H13NO2.C3H6O2S/c1-4(2)3-5(7)6(8)9;4-2-1-3(5)6/h4-5H,3,7H2,1-2H3,(H,8,9);4H,1-2H2,(H,5,6). The summed E-state index contributed by atoms with van der Waals surface area (Å²) in [4.78, 5) is 10.1. The van der Waals surface area contributed by atoms with E-state index in [0.717, 1.165) is 0 Å². The average molecular weight is 237 g/mol. The zero-order chi connectivity index (χ0) is 12.4. The number of carboxylic acid groups (broad SMARTS) is 1. The van der Waals surface area contributed by atoms with Crippen molar-refractivity contribution in [1.29, 1.82) is 0 Å². The van der Waals surface area contributed by atoms with Gasteiger partial charge < -0.3 is 21.1 Å². The number of nitrogens with two attached hydrogens (primary N) is 1. The van der Waals surface area contributed by atoms with Crippen molar-refractivity contribution in [3.8, 4) is 0 Å². The number of carbonyl (C=O) groups is 1. The Bertz CT molecular complexity index is 197. The lowest BCUT2D eigenvalue weighted by molar-refractivity contribution is -0.138. The predicted molar refractivity (Wildman–Crippen MR) is 62.0 cm³/mol. The van der Waals surface area contributed by atoms with E-state index in [4.69, 9.17) is 21.1 Å². The molecule has 0 aliphatic rings. The second kappa shape index (κ2) is 9.82. The van der Waals surface area contributed by atoms with Crippen LogP contribution in [0, 0.1) is 5.92 Å². The number of aliphatic hydroxyl groups is 2. The first kappa shape index (κ1) is 16.7. The van der Waals surface area contributed by atoms with E-state index in [1.165, 1.54) is 0 Å². The van der Waals surface area contributed by atoms with Crippen LogP contribution >= 0.6 is 12.2 Å². The normalized spacial score (nSPS) is 11.5. The minimum atomic E-state index is -0.913. The van der Waals surface area contributed by atoms with Gasteiger partial charge in [-0.15, -0.1) is 0 Å². The summed E-state index contributed by atoms with van der Waals surface area (Å²) in [6, 6.07) is -0.690. The molecule has 0 aliphatic heterocycles. The molecule has 6 heteroatoms. The summed E-state index contributed by atoms with van der Waals surface area (Å²) in [5.41, 5.74) is 5.22. The Hall–Kier alpha value is -0.720. The molecule has 1 unspecified atom stereocenters. The van der Waals surface area contributed by atoms with Gasteiger partial charge in [0.15, 0.2) is 5.05 Å². The van der Waals surface area contributed by atoms with E-state index in [2.05, 4.69) is 12.2 Å². The van der Waals surface area contributed by atoms with E-state index in [-0.39, 0.29) is 18.1 Å². The monoisotopic (exact) mass is 237 g/mol. The van der Waals surface area contributed by atoms with Crippen molar-refractivity contribution in [3.05, 3.63) is 0 Å². The van der Waals surface area contributed by atoms with Gasteiger partial charge in [-0.1, -0.05) is 13.8 Å². The highest BCUT2D eigenvalue weighted by Crippen LogP contribution is 2.01. The maximum Gasteiger partial charge on any atom is 0.320 e. The van der Waals surface area contributed by atoms with E-state index < -0.39 is 12.0 Å². The molecule has 0 aliphatic carbocycles. The van der Waals surface area contributed by atoms with Crippen LogP contribution in [0.4, 0.5) is 0 Å². The molecule has 0 aromatic heterocycles. The molecular weight excluding hydrogens is 218 g/mol. The van der Waals surface area contributed by atoms with Gasteiger partial charge in [-0.2, -0.15) is 0 Å². The zero-order valence-electron chi connectivity index (χ0n) is 9.01. The Morgan fingerprint density at radius 2 is 1.87 bits per heavy atom. The van der Waals surface area contributed by atoms with Crippen LogP contribution in [0.1, 0.15) is 26.7 Å². The number of carboxylic acids is 1. The molecule has 0 fully saturated rings. The van der Waals surface area contributed by atoms with E-state index in [1.807, 2.05) is 13.8 Å². The number of thiocarbonyl (C=S) groups is 1. The third kappa shape index (κ3) is 16.0. The average Bonchev–Trinajstić information content (AvgIpc) is 2.03. The largest absolute Gasteiger partial charge is 0.502 e. The van der Waals surface area contributed by atoms with Gasteiger partial charge in [0.2, 0.25) is 0 Å². The van der Waals surface area contributed by atoms with Gasteiger partial charge in [0.05, 0.1) is 6.61 Å². The summed E-state index contributed by atoms with van der Waals surface area (Å²) in [6.07, 6.45) is 0.769. The molecule has 0 spiro atoms. The van der Waals surface area contributed by atoms with Crippen molar-refractivity contribution in [2.45, 2.75) is 32.7 Å². The van der Waals surface area contributed by atoms with Crippen LogP contribution in [0.5, 0.6) is 0 Å². The van der Waals surface area contributed by atoms with Crippen LogP contribution in [0.2, 0.25) is 0 Å². The molecule has 0 saturated heterocycles. The summed E-state index contributed by atoms with van der Waals surface area (Å²) in [6.45, 7) is 3.83. The number of hydrogen-bond acceptors (Lipinski definition) is 4. The van der Waals surface area contributed by atoms with Crippen LogP contribution in [0.15, 0.2) is 0 Å². The van der Waals surface area contributed by atoms with Gasteiger partial charge in [-0.3, -0.25) is 4.79 Å². The van der Waals surface area contributed by atoms with Gasteiger partial charge in [0.25, 0.3) is 0 Å². The highest BCUT2D eigenvalue weighted by Gasteiger charge is 2.11. The molecule has 5 nitrogen and oxygen atoms in total. The summed E-state index contributed by atoms with van der Waals surface area (Å²) in [5, 5.41) is 24.3. The summed E-state index contributed by atoms with van der Waals surface area (Å²) in [7, 11) is 0. The number of hydrogen-bond donors (Lipinski definition) is 4. The first-order chi connectivity index (χ1) is 6.81. The molecule has 1 atom stereocenters. The summed E-state index contributed by atoms with van der Waals surface area (Å²) < 4.78 is 0. The third-order valence-corrected chi connectivity index (χ3v) is 1.57. The van der Waals surface area contributed by atoms with Gasteiger partial charge in [0, 0.05) is 6.42 Å². The highest BCUT2D eigenvalue weighted by atomic mass is 32.1. The molecular formula is C9H19NO4S. The molecule has 0 rings (SSSR count). The molecule has 5 N–H and O–H groups in total. The van der Waals surface area contributed by atoms with Crippen molar-refractivity contribution in [3.63, 3.8) is 0 Å². The van der Waals surface area contributed by atoms with Crippen molar-refractivity contribution in [2.75, 3.05) is 6.61 Å². The van der Waals surface area contributed by atoms with E-state index in [9.17, 15) is 4.79 Å². The Balaban J connectivity index is 0. The maximum atomic E-state index is 10.1. The van der Waals surface area contributed by atoms with Gasteiger partial charge in [0.1, 0.15) is 6.04 Å². The first-order valence-electron chi connectivity index (χ1n) is 4.62. The molecule has 90 valence electrons. The molecule has 0 amide bonds. The summed E-state index contributed by atoms with van der Waals surface area (Å²) in [5.74, 6) is -0.556. The van der Waals surface area contributed by atoms with E-state index >= 15 is 0 Å². The topological polar surface area (TPSA) is 104 Å². The Kier molecular flexibility index (Phi) is 10.9. The Labute approximate surface area is 94.9 Å². The lowest BCUT2D eigenvalue weighted by atomic mass is 10.1. The molecule has 0 radical (unpaired) electrons. The van der Waals surface area contributed by atoms with Gasteiger partial charge in [-0.25, -0.2) is 0 Å². The number of rotatable bonds is 5. The first-order valence-corrected chi connectivity index (χ1v) is 5.03. The van der Waals surface area contributed by atoms with Crippen LogP contribution in [0.3, 0.4) is 0 Å². The zero-order valence-corrected chi connectivity index (χ0v) is 9.83. The SMILES string of the molecule is CC(C)CC(N)C(=O)O.OCCC(O)=S. The van der Waals surface area contributed by atoms with E-state index in [1.54, 1.807) is 0 Å². The van der Waals surface area contributed by atoms with E-state index in [0.29, 0.717) is 12.3 Å². The smallest absolute Gasteiger partial charge is 0.320 e. The van der Waals surface area contributed by atoms with Gasteiger partial charge in [-0.05, 0) is 24.6 Å². The van der Waals surface area contributed by atoms with Crippen molar-refractivity contribution in [1.82, 2.24) is 0 Å². The Morgan fingerprint density at radius 1 is 1.40 bits per heavy atom. The lowest BCUT2D eigenvalue weighted by Gasteiger charge is -2.07.